The standard InChI is InChI=1S/C12H11N7O/c1-2-14-10(4-13-1)11-18-12(20-19-11)8-3-7-9(5-15-8)17-6-16-7/h1-2,4,6,8,15H,3,5H2,(H,16,17). The van der Waals surface area contributed by atoms with Gasteiger partial charge in [-0.15, -0.1) is 0 Å². The van der Waals surface area contributed by atoms with Gasteiger partial charge in [0.2, 0.25) is 11.7 Å². The molecule has 3 aromatic heterocycles. The molecule has 0 saturated carbocycles. The van der Waals surface area contributed by atoms with E-state index in [1.807, 2.05) is 0 Å². The van der Waals surface area contributed by atoms with Crippen LogP contribution in [0.2, 0.25) is 0 Å². The third-order valence-electron chi connectivity index (χ3n) is 3.26. The minimum atomic E-state index is -0.0243. The summed E-state index contributed by atoms with van der Waals surface area (Å²) in [6, 6.07) is -0.0243. The van der Waals surface area contributed by atoms with Crippen LogP contribution in [0.4, 0.5) is 0 Å². The first-order chi connectivity index (χ1) is 9.90. The molecular formula is C12H11N7O. The third-order valence-corrected chi connectivity index (χ3v) is 3.26. The second-order valence-corrected chi connectivity index (χ2v) is 4.51. The quantitative estimate of drug-likeness (QED) is 0.703. The Bertz CT molecular complexity index is 720. The van der Waals surface area contributed by atoms with Crippen LogP contribution in [0, 0.1) is 0 Å². The normalized spacial score (nSPS) is 17.9. The van der Waals surface area contributed by atoms with Crippen LogP contribution in [0.5, 0.6) is 0 Å². The molecule has 100 valence electrons. The summed E-state index contributed by atoms with van der Waals surface area (Å²) >= 11 is 0. The lowest BCUT2D eigenvalue weighted by molar-refractivity contribution is 0.319. The monoisotopic (exact) mass is 269 g/mol. The zero-order valence-electron chi connectivity index (χ0n) is 10.4. The maximum atomic E-state index is 5.32. The van der Waals surface area contributed by atoms with Gasteiger partial charge in [0.15, 0.2) is 0 Å². The van der Waals surface area contributed by atoms with E-state index in [0.29, 0.717) is 24.0 Å². The molecule has 4 heterocycles. The number of hydrogen-bond donors (Lipinski definition) is 2. The topological polar surface area (TPSA) is 105 Å². The van der Waals surface area contributed by atoms with Crippen LogP contribution in [0.1, 0.15) is 23.3 Å². The fourth-order valence-electron chi connectivity index (χ4n) is 2.24. The summed E-state index contributed by atoms with van der Waals surface area (Å²) in [5, 5.41) is 7.29. The first-order valence-corrected chi connectivity index (χ1v) is 6.24. The average Bonchev–Trinajstić information content (AvgIpc) is 3.16. The maximum absolute atomic E-state index is 5.32. The Labute approximate surface area is 113 Å². The number of nitrogens with one attached hydrogen (secondary N) is 2. The second-order valence-electron chi connectivity index (χ2n) is 4.51. The molecule has 1 aliphatic rings. The van der Waals surface area contributed by atoms with Crippen molar-refractivity contribution in [3.05, 3.63) is 42.2 Å². The molecule has 0 saturated heterocycles. The van der Waals surface area contributed by atoms with Gasteiger partial charge in [-0.05, 0) is 0 Å². The van der Waals surface area contributed by atoms with Gasteiger partial charge in [0, 0.05) is 25.4 Å². The molecule has 1 atom stereocenters. The highest BCUT2D eigenvalue weighted by Crippen LogP contribution is 2.24. The van der Waals surface area contributed by atoms with Crippen molar-refractivity contribution in [2.45, 2.75) is 19.0 Å². The van der Waals surface area contributed by atoms with Crippen molar-refractivity contribution in [2.24, 2.45) is 0 Å². The zero-order valence-corrected chi connectivity index (χ0v) is 10.4. The first kappa shape index (κ1) is 11.2. The van der Waals surface area contributed by atoms with Crippen molar-refractivity contribution in [3.8, 4) is 11.5 Å². The van der Waals surface area contributed by atoms with E-state index in [4.69, 9.17) is 4.52 Å². The summed E-state index contributed by atoms with van der Waals surface area (Å²) in [5.74, 6) is 0.988. The van der Waals surface area contributed by atoms with E-state index in [1.165, 1.54) is 0 Å². The Hall–Kier alpha value is -2.61. The van der Waals surface area contributed by atoms with Crippen LogP contribution in [0.15, 0.2) is 29.4 Å². The van der Waals surface area contributed by atoms with Crippen LogP contribution in [0.3, 0.4) is 0 Å². The number of H-pyrrole nitrogens is 1. The molecular weight excluding hydrogens is 258 g/mol. The van der Waals surface area contributed by atoms with E-state index in [2.05, 4.69) is 35.4 Å². The van der Waals surface area contributed by atoms with Crippen molar-refractivity contribution in [1.29, 1.82) is 0 Å². The van der Waals surface area contributed by atoms with Gasteiger partial charge in [0.25, 0.3) is 0 Å². The Morgan fingerprint density at radius 1 is 1.25 bits per heavy atom. The lowest BCUT2D eigenvalue weighted by Crippen LogP contribution is -2.28. The van der Waals surface area contributed by atoms with Gasteiger partial charge >= 0.3 is 0 Å². The molecule has 20 heavy (non-hydrogen) atoms. The van der Waals surface area contributed by atoms with E-state index >= 15 is 0 Å². The van der Waals surface area contributed by atoms with Crippen molar-refractivity contribution in [1.82, 2.24) is 35.4 Å². The smallest absolute Gasteiger partial charge is 0.244 e. The minimum absolute atomic E-state index is 0.0243. The Morgan fingerprint density at radius 3 is 3.15 bits per heavy atom. The first-order valence-electron chi connectivity index (χ1n) is 6.24. The van der Waals surface area contributed by atoms with Crippen molar-refractivity contribution >= 4 is 0 Å². The molecule has 2 N–H and O–H groups in total. The number of imidazole rings is 1. The highest BCUT2D eigenvalue weighted by molar-refractivity contribution is 5.45. The van der Waals surface area contributed by atoms with Crippen LogP contribution in [-0.4, -0.2) is 30.1 Å². The molecule has 0 bridgehead atoms. The maximum Gasteiger partial charge on any atom is 0.244 e. The zero-order chi connectivity index (χ0) is 13.4. The summed E-state index contributed by atoms with van der Waals surface area (Å²) in [4.78, 5) is 19.9. The van der Waals surface area contributed by atoms with Gasteiger partial charge in [-0.2, -0.15) is 4.98 Å². The van der Waals surface area contributed by atoms with Gasteiger partial charge in [-0.25, -0.2) is 9.97 Å². The van der Waals surface area contributed by atoms with Crippen molar-refractivity contribution < 1.29 is 4.52 Å². The van der Waals surface area contributed by atoms with Crippen LogP contribution in [0.25, 0.3) is 11.5 Å². The molecule has 0 aromatic carbocycles. The van der Waals surface area contributed by atoms with E-state index in [1.54, 1.807) is 24.9 Å². The summed E-state index contributed by atoms with van der Waals surface area (Å²) in [5.41, 5.74) is 2.74. The molecule has 1 unspecified atom stereocenters. The average molecular weight is 269 g/mol. The summed E-state index contributed by atoms with van der Waals surface area (Å²) in [6.45, 7) is 0.711. The van der Waals surface area contributed by atoms with E-state index in [9.17, 15) is 0 Å². The largest absolute Gasteiger partial charge is 0.347 e. The predicted molar refractivity (Wildman–Crippen MR) is 67.2 cm³/mol. The van der Waals surface area contributed by atoms with Gasteiger partial charge in [0.1, 0.15) is 5.69 Å². The van der Waals surface area contributed by atoms with Crippen LogP contribution >= 0.6 is 0 Å². The summed E-state index contributed by atoms with van der Waals surface area (Å²) in [6.07, 6.45) is 7.23. The molecule has 0 spiro atoms. The third kappa shape index (κ3) is 1.86. The second kappa shape index (κ2) is 4.49. The molecule has 0 radical (unpaired) electrons. The van der Waals surface area contributed by atoms with Crippen LogP contribution in [-0.2, 0) is 13.0 Å². The van der Waals surface area contributed by atoms with Gasteiger partial charge in [0.05, 0.1) is 30.0 Å². The highest BCUT2D eigenvalue weighted by atomic mass is 16.5. The van der Waals surface area contributed by atoms with Gasteiger partial charge < -0.3 is 9.51 Å². The molecule has 0 fully saturated rings. The number of nitrogens with zero attached hydrogens (tertiary/aromatic N) is 5. The lowest BCUT2D eigenvalue weighted by Gasteiger charge is -2.19. The number of aromatic amines is 1. The summed E-state index contributed by atoms with van der Waals surface area (Å²) in [7, 11) is 0. The minimum Gasteiger partial charge on any atom is -0.347 e. The van der Waals surface area contributed by atoms with Crippen molar-refractivity contribution in [2.75, 3.05) is 0 Å². The van der Waals surface area contributed by atoms with E-state index < -0.39 is 0 Å². The van der Waals surface area contributed by atoms with E-state index in [0.717, 1.165) is 17.8 Å². The number of fused-ring (bicyclic) bond motifs is 1. The molecule has 0 aliphatic carbocycles. The molecule has 0 amide bonds. The molecule has 8 nitrogen and oxygen atoms in total. The van der Waals surface area contributed by atoms with Crippen molar-refractivity contribution in [3.63, 3.8) is 0 Å². The fourth-order valence-corrected chi connectivity index (χ4v) is 2.24. The van der Waals surface area contributed by atoms with Gasteiger partial charge in [-0.3, -0.25) is 10.3 Å². The number of aromatic nitrogens is 6. The Kier molecular flexibility index (Phi) is 2.52. The Morgan fingerprint density at radius 2 is 2.25 bits per heavy atom. The molecule has 8 heteroatoms. The number of hydrogen-bond acceptors (Lipinski definition) is 7. The van der Waals surface area contributed by atoms with Crippen LogP contribution < -0.4 is 5.32 Å². The molecule has 1 aliphatic heterocycles. The predicted octanol–water partition coefficient (Wildman–Crippen LogP) is 0.637. The lowest BCUT2D eigenvalue weighted by atomic mass is 10.1. The number of rotatable bonds is 2. The molecule has 4 rings (SSSR count). The highest BCUT2D eigenvalue weighted by Gasteiger charge is 2.26. The SMILES string of the molecule is c1cnc(-c2noc(C3Cc4nc[nH]c4CN3)n2)cn1. The Balaban J connectivity index is 1.60. The van der Waals surface area contributed by atoms with E-state index in [-0.39, 0.29) is 6.04 Å². The van der Waals surface area contributed by atoms with Gasteiger partial charge in [-0.1, -0.05) is 5.16 Å². The molecule has 3 aromatic rings. The fraction of sp³-hybridized carbons (Fsp3) is 0.250. The summed E-state index contributed by atoms with van der Waals surface area (Å²) < 4.78 is 5.32.